The summed E-state index contributed by atoms with van der Waals surface area (Å²) in [5.41, 5.74) is -1.26. The predicted octanol–water partition coefficient (Wildman–Crippen LogP) is 0.358. The lowest BCUT2D eigenvalue weighted by Gasteiger charge is -2.32. The Hall–Kier alpha value is -0.610. The zero-order chi connectivity index (χ0) is 11.7. The Balaban J connectivity index is 2.60. The average Bonchev–Trinajstić information content (AvgIpc) is 2.49. The van der Waals surface area contributed by atoms with Gasteiger partial charge in [-0.05, 0) is 40.2 Å². The van der Waals surface area contributed by atoms with E-state index in [9.17, 15) is 9.90 Å². The van der Waals surface area contributed by atoms with E-state index >= 15 is 0 Å². The third-order valence-electron chi connectivity index (χ3n) is 2.81. The Morgan fingerprint density at radius 2 is 2.20 bits per heavy atom. The quantitative estimate of drug-likeness (QED) is 0.713. The maximum Gasteiger partial charge on any atom is 0.242 e. The molecule has 15 heavy (non-hydrogen) atoms. The molecule has 1 aliphatic rings. The minimum absolute atomic E-state index is 0.0714. The van der Waals surface area contributed by atoms with Crippen LogP contribution < -0.4 is 5.32 Å². The number of amides is 1. The lowest BCUT2D eigenvalue weighted by atomic mass is 9.98. The average molecular weight is 214 g/mol. The summed E-state index contributed by atoms with van der Waals surface area (Å²) in [6.45, 7) is 6.62. The fraction of sp³-hybridized carbons (Fsp3) is 0.909. The number of nitrogens with zero attached hydrogens (tertiary/aromatic N) is 1. The van der Waals surface area contributed by atoms with Crippen LogP contribution in [0.15, 0.2) is 0 Å². The zero-order valence-electron chi connectivity index (χ0n) is 10.1. The van der Waals surface area contributed by atoms with Crippen LogP contribution in [0, 0.1) is 0 Å². The Bertz CT molecular complexity index is 239. The first-order chi connectivity index (χ1) is 6.75. The van der Waals surface area contributed by atoms with E-state index in [1.165, 1.54) is 0 Å². The molecule has 0 saturated carbocycles. The van der Waals surface area contributed by atoms with E-state index in [0.717, 1.165) is 19.4 Å². The van der Waals surface area contributed by atoms with Crippen molar-refractivity contribution < 1.29 is 9.90 Å². The summed E-state index contributed by atoms with van der Waals surface area (Å²) >= 11 is 0. The smallest absolute Gasteiger partial charge is 0.242 e. The number of hydrogen-bond acceptors (Lipinski definition) is 3. The van der Waals surface area contributed by atoms with Crippen molar-refractivity contribution in [3.63, 3.8) is 0 Å². The molecule has 0 aromatic carbocycles. The monoisotopic (exact) mass is 214 g/mol. The second-order valence-corrected chi connectivity index (χ2v) is 5.34. The van der Waals surface area contributed by atoms with Gasteiger partial charge in [0.2, 0.25) is 5.91 Å². The van der Waals surface area contributed by atoms with Gasteiger partial charge in [-0.25, -0.2) is 0 Å². The van der Waals surface area contributed by atoms with Gasteiger partial charge in [0, 0.05) is 13.6 Å². The molecule has 4 heteroatoms. The molecular formula is C11H22N2O2. The van der Waals surface area contributed by atoms with E-state index in [0.29, 0.717) is 6.54 Å². The molecule has 0 aromatic heterocycles. The number of carbonyl (C=O) groups excluding carboxylic acids is 1. The standard InChI is InChI=1S/C11H22N2O2/c1-10(2,15)8-13(4)9(14)11(3)6-5-7-12-11/h12,15H,5-8H2,1-4H3. The molecule has 1 heterocycles. The van der Waals surface area contributed by atoms with Crippen LogP contribution >= 0.6 is 0 Å². The van der Waals surface area contributed by atoms with Gasteiger partial charge in [-0.1, -0.05) is 0 Å². The normalized spacial score (nSPS) is 26.7. The van der Waals surface area contributed by atoms with Gasteiger partial charge in [0.25, 0.3) is 0 Å². The van der Waals surface area contributed by atoms with Gasteiger partial charge in [-0.3, -0.25) is 4.79 Å². The summed E-state index contributed by atoms with van der Waals surface area (Å²) in [5.74, 6) is 0.0714. The van der Waals surface area contributed by atoms with Crippen LogP contribution in [0.4, 0.5) is 0 Å². The highest BCUT2D eigenvalue weighted by Crippen LogP contribution is 2.21. The minimum atomic E-state index is -0.834. The Morgan fingerprint density at radius 3 is 2.60 bits per heavy atom. The highest BCUT2D eigenvalue weighted by molar-refractivity contribution is 5.86. The molecule has 0 spiro atoms. The van der Waals surface area contributed by atoms with Gasteiger partial charge in [0.05, 0.1) is 11.1 Å². The van der Waals surface area contributed by atoms with Crippen LogP contribution in [0.5, 0.6) is 0 Å². The van der Waals surface area contributed by atoms with Crippen molar-refractivity contribution in [2.24, 2.45) is 0 Å². The molecule has 4 nitrogen and oxygen atoms in total. The number of nitrogens with one attached hydrogen (secondary N) is 1. The molecule has 0 radical (unpaired) electrons. The van der Waals surface area contributed by atoms with E-state index < -0.39 is 11.1 Å². The zero-order valence-corrected chi connectivity index (χ0v) is 10.1. The van der Waals surface area contributed by atoms with Crippen molar-refractivity contribution in [3.05, 3.63) is 0 Å². The molecule has 0 aliphatic carbocycles. The summed E-state index contributed by atoms with van der Waals surface area (Å²) in [7, 11) is 1.74. The first kappa shape index (κ1) is 12.5. The van der Waals surface area contributed by atoms with Gasteiger partial charge in [-0.2, -0.15) is 0 Å². The summed E-state index contributed by atoms with van der Waals surface area (Å²) in [6.07, 6.45) is 1.92. The SMILES string of the molecule is CN(CC(C)(C)O)C(=O)C1(C)CCCN1. The molecule has 2 N–H and O–H groups in total. The summed E-state index contributed by atoms with van der Waals surface area (Å²) in [5, 5.41) is 12.9. The molecule has 1 atom stereocenters. The molecule has 1 rings (SSSR count). The fourth-order valence-corrected chi connectivity index (χ4v) is 2.15. The molecule has 1 aliphatic heterocycles. The Kier molecular flexibility index (Phi) is 3.41. The first-order valence-corrected chi connectivity index (χ1v) is 5.48. The number of carbonyl (C=O) groups is 1. The van der Waals surface area contributed by atoms with Crippen molar-refractivity contribution >= 4 is 5.91 Å². The Labute approximate surface area is 91.6 Å². The summed E-state index contributed by atoms with van der Waals surface area (Å²) in [4.78, 5) is 13.7. The molecule has 0 bridgehead atoms. The van der Waals surface area contributed by atoms with Crippen LogP contribution in [0.3, 0.4) is 0 Å². The van der Waals surface area contributed by atoms with Gasteiger partial charge >= 0.3 is 0 Å². The third-order valence-corrected chi connectivity index (χ3v) is 2.81. The van der Waals surface area contributed by atoms with E-state index in [1.54, 1.807) is 25.8 Å². The van der Waals surface area contributed by atoms with E-state index in [-0.39, 0.29) is 5.91 Å². The first-order valence-electron chi connectivity index (χ1n) is 5.48. The maximum absolute atomic E-state index is 12.1. The lowest BCUT2D eigenvalue weighted by molar-refractivity contribution is -0.138. The van der Waals surface area contributed by atoms with E-state index in [1.807, 2.05) is 6.92 Å². The number of likely N-dealkylation sites (N-methyl/N-ethyl adjacent to an activating group) is 1. The van der Waals surface area contributed by atoms with Crippen molar-refractivity contribution in [1.82, 2.24) is 10.2 Å². The fourth-order valence-electron chi connectivity index (χ4n) is 2.15. The highest BCUT2D eigenvalue weighted by Gasteiger charge is 2.38. The molecule has 1 unspecified atom stereocenters. The van der Waals surface area contributed by atoms with Gasteiger partial charge in [0.15, 0.2) is 0 Å². The Morgan fingerprint density at radius 1 is 1.60 bits per heavy atom. The molecule has 88 valence electrons. The number of rotatable bonds is 3. The second kappa shape index (κ2) is 4.10. The lowest BCUT2D eigenvalue weighted by Crippen LogP contribution is -2.54. The largest absolute Gasteiger partial charge is 0.389 e. The van der Waals surface area contributed by atoms with E-state index in [4.69, 9.17) is 0 Å². The number of aliphatic hydroxyl groups is 1. The van der Waals surface area contributed by atoms with Crippen LogP contribution in [0.25, 0.3) is 0 Å². The van der Waals surface area contributed by atoms with Crippen molar-refractivity contribution in [1.29, 1.82) is 0 Å². The molecule has 1 amide bonds. The van der Waals surface area contributed by atoms with Crippen molar-refractivity contribution in [2.75, 3.05) is 20.1 Å². The summed E-state index contributed by atoms with van der Waals surface area (Å²) < 4.78 is 0. The number of hydrogen-bond donors (Lipinski definition) is 2. The minimum Gasteiger partial charge on any atom is -0.389 e. The predicted molar refractivity (Wildman–Crippen MR) is 59.6 cm³/mol. The van der Waals surface area contributed by atoms with Crippen LogP contribution in [-0.2, 0) is 4.79 Å². The van der Waals surface area contributed by atoms with Crippen LogP contribution in [-0.4, -0.2) is 47.2 Å². The van der Waals surface area contributed by atoms with Gasteiger partial charge in [0.1, 0.15) is 0 Å². The topological polar surface area (TPSA) is 52.6 Å². The van der Waals surface area contributed by atoms with Crippen molar-refractivity contribution in [3.8, 4) is 0 Å². The van der Waals surface area contributed by atoms with E-state index in [2.05, 4.69) is 5.32 Å². The van der Waals surface area contributed by atoms with Gasteiger partial charge < -0.3 is 15.3 Å². The molecular weight excluding hydrogens is 192 g/mol. The van der Waals surface area contributed by atoms with Crippen LogP contribution in [0.1, 0.15) is 33.6 Å². The third kappa shape index (κ3) is 3.18. The molecule has 1 fully saturated rings. The van der Waals surface area contributed by atoms with Gasteiger partial charge in [-0.15, -0.1) is 0 Å². The highest BCUT2D eigenvalue weighted by atomic mass is 16.3. The second-order valence-electron chi connectivity index (χ2n) is 5.34. The summed E-state index contributed by atoms with van der Waals surface area (Å²) in [6, 6.07) is 0. The molecule has 0 aromatic rings. The molecule has 1 saturated heterocycles. The van der Waals surface area contributed by atoms with Crippen LogP contribution in [0.2, 0.25) is 0 Å². The maximum atomic E-state index is 12.1. The van der Waals surface area contributed by atoms with Crippen molar-refractivity contribution in [2.45, 2.75) is 44.8 Å².